The quantitative estimate of drug-likeness (QED) is 0.908. The zero-order valence-electron chi connectivity index (χ0n) is 11.8. The van der Waals surface area contributed by atoms with Gasteiger partial charge in [0.15, 0.2) is 0 Å². The second-order valence-electron chi connectivity index (χ2n) is 4.97. The van der Waals surface area contributed by atoms with E-state index in [1.54, 1.807) is 6.92 Å². The lowest BCUT2D eigenvalue weighted by Gasteiger charge is -2.16. The standard InChI is InChI=1S/C13H18N6O/c1-9-7-11(8-14-13-18-17-10(2)20-13)16-12(15-9)19-5-3-4-6-19/h7H,3-6,8H2,1-2H3,(H,14,18). The molecule has 0 aromatic carbocycles. The Morgan fingerprint density at radius 3 is 2.70 bits per heavy atom. The van der Waals surface area contributed by atoms with Crippen LogP contribution in [0.15, 0.2) is 10.5 Å². The van der Waals surface area contributed by atoms with Gasteiger partial charge in [0.2, 0.25) is 11.8 Å². The van der Waals surface area contributed by atoms with E-state index in [4.69, 9.17) is 4.42 Å². The zero-order valence-corrected chi connectivity index (χ0v) is 11.8. The topological polar surface area (TPSA) is 80.0 Å². The highest BCUT2D eigenvalue weighted by atomic mass is 16.4. The van der Waals surface area contributed by atoms with E-state index in [9.17, 15) is 0 Å². The van der Waals surface area contributed by atoms with Crippen LogP contribution in [0.2, 0.25) is 0 Å². The van der Waals surface area contributed by atoms with Gasteiger partial charge in [-0.2, -0.15) is 0 Å². The highest BCUT2D eigenvalue weighted by molar-refractivity contribution is 5.34. The molecule has 7 heteroatoms. The SMILES string of the molecule is Cc1cc(CNc2nnc(C)o2)nc(N2CCCC2)n1. The first-order chi connectivity index (χ1) is 9.70. The van der Waals surface area contributed by atoms with Gasteiger partial charge < -0.3 is 14.6 Å². The van der Waals surface area contributed by atoms with Crippen LogP contribution < -0.4 is 10.2 Å². The molecule has 0 aliphatic carbocycles. The number of nitrogens with one attached hydrogen (secondary N) is 1. The van der Waals surface area contributed by atoms with Crippen molar-refractivity contribution < 1.29 is 4.42 Å². The Balaban J connectivity index is 1.72. The molecule has 3 heterocycles. The van der Waals surface area contributed by atoms with E-state index in [-0.39, 0.29) is 0 Å². The third-order valence-electron chi connectivity index (χ3n) is 3.23. The molecule has 0 saturated carbocycles. The summed E-state index contributed by atoms with van der Waals surface area (Å²) < 4.78 is 5.28. The molecule has 0 radical (unpaired) electrons. The van der Waals surface area contributed by atoms with Crippen LogP contribution in [0.5, 0.6) is 0 Å². The molecular formula is C13H18N6O. The summed E-state index contributed by atoms with van der Waals surface area (Å²) in [7, 11) is 0. The monoisotopic (exact) mass is 274 g/mol. The van der Waals surface area contributed by atoms with Crippen LogP contribution in [-0.4, -0.2) is 33.3 Å². The average Bonchev–Trinajstić information content (AvgIpc) is 3.07. The normalized spacial score (nSPS) is 14.8. The lowest BCUT2D eigenvalue weighted by molar-refractivity contribution is 0.530. The number of rotatable bonds is 4. The number of aromatic nitrogens is 4. The van der Waals surface area contributed by atoms with E-state index in [1.165, 1.54) is 12.8 Å². The maximum Gasteiger partial charge on any atom is 0.315 e. The van der Waals surface area contributed by atoms with Gasteiger partial charge in [0.25, 0.3) is 0 Å². The molecule has 0 amide bonds. The fraction of sp³-hybridized carbons (Fsp3) is 0.538. The van der Waals surface area contributed by atoms with Crippen LogP contribution in [0, 0.1) is 13.8 Å². The molecule has 2 aromatic heterocycles. The minimum Gasteiger partial charge on any atom is -0.408 e. The minimum absolute atomic E-state index is 0.418. The molecule has 1 fully saturated rings. The smallest absolute Gasteiger partial charge is 0.315 e. The summed E-state index contributed by atoms with van der Waals surface area (Å²) in [5.74, 6) is 1.37. The Hall–Kier alpha value is -2.18. The molecule has 1 aliphatic heterocycles. The van der Waals surface area contributed by atoms with Crippen molar-refractivity contribution in [2.45, 2.75) is 33.2 Å². The number of hydrogen-bond donors (Lipinski definition) is 1. The maximum atomic E-state index is 5.28. The highest BCUT2D eigenvalue weighted by Gasteiger charge is 2.16. The summed E-state index contributed by atoms with van der Waals surface area (Å²) in [6.07, 6.45) is 2.43. The van der Waals surface area contributed by atoms with Gasteiger partial charge in [-0.1, -0.05) is 5.10 Å². The van der Waals surface area contributed by atoms with Gasteiger partial charge in [0.05, 0.1) is 12.2 Å². The van der Waals surface area contributed by atoms with Crippen molar-refractivity contribution in [1.29, 1.82) is 0 Å². The van der Waals surface area contributed by atoms with E-state index in [2.05, 4.69) is 30.4 Å². The summed E-state index contributed by atoms with van der Waals surface area (Å²) in [4.78, 5) is 11.3. The van der Waals surface area contributed by atoms with Crippen molar-refractivity contribution in [3.05, 3.63) is 23.3 Å². The highest BCUT2D eigenvalue weighted by Crippen LogP contribution is 2.17. The lowest BCUT2D eigenvalue weighted by Crippen LogP contribution is -2.21. The molecule has 1 N–H and O–H groups in total. The van der Waals surface area contributed by atoms with Crippen molar-refractivity contribution in [1.82, 2.24) is 20.2 Å². The van der Waals surface area contributed by atoms with Crippen LogP contribution >= 0.6 is 0 Å². The molecule has 2 aromatic rings. The molecule has 7 nitrogen and oxygen atoms in total. The third-order valence-corrected chi connectivity index (χ3v) is 3.23. The number of aryl methyl sites for hydroxylation is 2. The van der Waals surface area contributed by atoms with Crippen molar-refractivity contribution in [2.24, 2.45) is 0 Å². The van der Waals surface area contributed by atoms with Crippen LogP contribution in [-0.2, 0) is 6.54 Å². The fourth-order valence-corrected chi connectivity index (χ4v) is 2.30. The Morgan fingerprint density at radius 1 is 1.20 bits per heavy atom. The zero-order chi connectivity index (χ0) is 13.9. The molecule has 106 valence electrons. The van der Waals surface area contributed by atoms with E-state index in [0.29, 0.717) is 18.5 Å². The van der Waals surface area contributed by atoms with Crippen molar-refractivity contribution >= 4 is 12.0 Å². The summed E-state index contributed by atoms with van der Waals surface area (Å²) in [5.41, 5.74) is 1.90. The van der Waals surface area contributed by atoms with Crippen LogP contribution in [0.25, 0.3) is 0 Å². The number of nitrogens with zero attached hydrogens (tertiary/aromatic N) is 5. The third kappa shape index (κ3) is 2.87. The predicted molar refractivity (Wildman–Crippen MR) is 74.6 cm³/mol. The van der Waals surface area contributed by atoms with Gasteiger partial charge in [-0.25, -0.2) is 9.97 Å². The summed E-state index contributed by atoms with van der Waals surface area (Å²) >= 11 is 0. The molecular weight excluding hydrogens is 256 g/mol. The second-order valence-corrected chi connectivity index (χ2v) is 4.97. The first-order valence-electron chi connectivity index (χ1n) is 6.84. The van der Waals surface area contributed by atoms with E-state index >= 15 is 0 Å². The summed E-state index contributed by atoms with van der Waals surface area (Å²) in [5, 5.41) is 10.8. The number of anilines is 2. The Kier molecular flexibility index (Phi) is 3.49. The van der Waals surface area contributed by atoms with E-state index in [1.807, 2.05) is 13.0 Å². The fourth-order valence-electron chi connectivity index (χ4n) is 2.30. The maximum absolute atomic E-state index is 5.28. The van der Waals surface area contributed by atoms with E-state index < -0.39 is 0 Å². The largest absolute Gasteiger partial charge is 0.408 e. The molecule has 3 rings (SSSR count). The lowest BCUT2D eigenvalue weighted by atomic mass is 10.3. The summed E-state index contributed by atoms with van der Waals surface area (Å²) in [6, 6.07) is 2.39. The first kappa shape index (κ1) is 12.8. The minimum atomic E-state index is 0.418. The predicted octanol–water partition coefficient (Wildman–Crippen LogP) is 1.69. The Labute approximate surface area is 117 Å². The first-order valence-corrected chi connectivity index (χ1v) is 6.84. The van der Waals surface area contributed by atoms with Crippen molar-refractivity contribution in [3.8, 4) is 0 Å². The molecule has 0 bridgehead atoms. The molecule has 20 heavy (non-hydrogen) atoms. The Bertz CT molecular complexity index is 590. The van der Waals surface area contributed by atoms with Crippen LogP contribution in [0.4, 0.5) is 12.0 Å². The van der Waals surface area contributed by atoms with Crippen molar-refractivity contribution in [3.63, 3.8) is 0 Å². The van der Waals surface area contributed by atoms with Gasteiger partial charge in [0.1, 0.15) is 0 Å². The summed E-state index contributed by atoms with van der Waals surface area (Å²) in [6.45, 7) is 6.38. The molecule has 1 aliphatic rings. The van der Waals surface area contributed by atoms with Gasteiger partial charge in [0, 0.05) is 25.7 Å². The molecule has 0 atom stereocenters. The molecule has 0 spiro atoms. The van der Waals surface area contributed by atoms with Gasteiger partial charge >= 0.3 is 6.01 Å². The Morgan fingerprint density at radius 2 is 2.00 bits per heavy atom. The van der Waals surface area contributed by atoms with E-state index in [0.717, 1.165) is 30.4 Å². The van der Waals surface area contributed by atoms with Gasteiger partial charge in [-0.15, -0.1) is 5.10 Å². The molecule has 0 unspecified atom stereocenters. The van der Waals surface area contributed by atoms with Crippen LogP contribution in [0.3, 0.4) is 0 Å². The van der Waals surface area contributed by atoms with Gasteiger partial charge in [-0.3, -0.25) is 0 Å². The second kappa shape index (κ2) is 5.44. The average molecular weight is 274 g/mol. The van der Waals surface area contributed by atoms with Crippen molar-refractivity contribution in [2.75, 3.05) is 23.3 Å². The van der Waals surface area contributed by atoms with Crippen LogP contribution in [0.1, 0.15) is 30.1 Å². The number of hydrogen-bond acceptors (Lipinski definition) is 7. The van der Waals surface area contributed by atoms with Gasteiger partial charge in [-0.05, 0) is 25.8 Å². The molecule has 1 saturated heterocycles.